The third kappa shape index (κ3) is 2.96. The second-order valence-electron chi connectivity index (χ2n) is 2.34. The van der Waals surface area contributed by atoms with Crippen molar-refractivity contribution in [1.29, 1.82) is 0 Å². The molecule has 2 N–H and O–H groups in total. The second-order valence-corrected chi connectivity index (χ2v) is 2.34. The average Bonchev–Trinajstić information content (AvgIpc) is 1.87. The van der Waals surface area contributed by atoms with Gasteiger partial charge in [0.2, 0.25) is 0 Å². The van der Waals surface area contributed by atoms with E-state index in [4.69, 9.17) is 5.73 Å². The highest BCUT2D eigenvalue weighted by atomic mass is 14.5. The molecule has 0 aromatic carbocycles. The number of hydrogen-bond donors (Lipinski definition) is 1. The number of nitrogens with two attached hydrogens (primary N) is 1. The molecule has 1 heteroatoms. The molecule has 0 saturated heterocycles. The third-order valence-electron chi connectivity index (χ3n) is 1.56. The van der Waals surface area contributed by atoms with Crippen LogP contribution in [-0.4, -0.2) is 0 Å². The molecule has 0 amide bonds. The first-order chi connectivity index (χ1) is 4.22. The summed E-state index contributed by atoms with van der Waals surface area (Å²) in [6.07, 6.45) is 4.59. The summed E-state index contributed by atoms with van der Waals surface area (Å²) in [4.78, 5) is 0. The van der Waals surface area contributed by atoms with Gasteiger partial charge >= 0.3 is 0 Å². The van der Waals surface area contributed by atoms with Gasteiger partial charge in [-0.15, -0.1) is 6.58 Å². The molecule has 0 rings (SSSR count). The Balaban J connectivity index is 3.72. The van der Waals surface area contributed by atoms with Crippen LogP contribution in [0.1, 0.15) is 20.3 Å². The molecule has 0 aliphatic heterocycles. The predicted molar refractivity (Wildman–Crippen MR) is 41.9 cm³/mol. The van der Waals surface area contributed by atoms with Gasteiger partial charge in [-0.3, -0.25) is 0 Å². The summed E-state index contributed by atoms with van der Waals surface area (Å²) in [5.74, 6) is 0.549. The highest BCUT2D eigenvalue weighted by Gasteiger charge is 1.98. The fourth-order valence-corrected chi connectivity index (χ4v) is 0.600. The molecule has 0 saturated carbocycles. The Morgan fingerprint density at radius 2 is 2.33 bits per heavy atom. The van der Waals surface area contributed by atoms with E-state index in [1.807, 2.05) is 13.0 Å². The molecular formula is C8H15N. The first kappa shape index (κ1) is 8.28. The van der Waals surface area contributed by atoms with Crippen LogP contribution in [-0.2, 0) is 0 Å². The van der Waals surface area contributed by atoms with Crippen LogP contribution < -0.4 is 5.73 Å². The van der Waals surface area contributed by atoms with Gasteiger partial charge in [-0.05, 0) is 25.5 Å². The van der Waals surface area contributed by atoms with Crippen LogP contribution in [0.3, 0.4) is 0 Å². The number of rotatable bonds is 3. The smallest absolute Gasteiger partial charge is 0.00705 e. The van der Waals surface area contributed by atoms with Crippen molar-refractivity contribution in [3.8, 4) is 0 Å². The normalized spacial score (nSPS) is 15.1. The van der Waals surface area contributed by atoms with Crippen LogP contribution in [0.25, 0.3) is 0 Å². The van der Waals surface area contributed by atoms with Gasteiger partial charge in [-0.2, -0.15) is 0 Å². The monoisotopic (exact) mass is 125 g/mol. The molecule has 52 valence electrons. The Morgan fingerprint density at radius 3 is 2.67 bits per heavy atom. The Kier molecular flexibility index (Phi) is 3.85. The topological polar surface area (TPSA) is 26.0 Å². The Hall–Kier alpha value is -0.720. The molecule has 0 bridgehead atoms. The minimum Gasteiger partial charge on any atom is -0.405 e. The van der Waals surface area contributed by atoms with E-state index in [-0.39, 0.29) is 0 Å². The van der Waals surface area contributed by atoms with Crippen molar-refractivity contribution in [1.82, 2.24) is 0 Å². The zero-order chi connectivity index (χ0) is 7.28. The summed E-state index contributed by atoms with van der Waals surface area (Å²) in [6, 6.07) is 0. The van der Waals surface area contributed by atoms with E-state index in [0.29, 0.717) is 5.92 Å². The molecule has 9 heavy (non-hydrogen) atoms. The molecule has 0 aromatic rings. The quantitative estimate of drug-likeness (QED) is 0.574. The van der Waals surface area contributed by atoms with E-state index in [0.717, 1.165) is 6.42 Å². The van der Waals surface area contributed by atoms with Crippen molar-refractivity contribution in [2.24, 2.45) is 11.7 Å². The Bertz CT molecular complexity index is 114. The molecule has 0 spiro atoms. The molecule has 0 aliphatic rings. The summed E-state index contributed by atoms with van der Waals surface area (Å²) in [5, 5.41) is 0. The van der Waals surface area contributed by atoms with Crippen molar-refractivity contribution in [3.63, 3.8) is 0 Å². The molecule has 0 heterocycles. The van der Waals surface area contributed by atoms with Crippen molar-refractivity contribution >= 4 is 0 Å². The molecule has 0 radical (unpaired) electrons. The molecule has 0 aromatic heterocycles. The van der Waals surface area contributed by atoms with Crippen LogP contribution >= 0.6 is 0 Å². The van der Waals surface area contributed by atoms with E-state index < -0.39 is 0 Å². The maximum absolute atomic E-state index is 5.31. The van der Waals surface area contributed by atoms with E-state index in [1.54, 1.807) is 6.20 Å². The third-order valence-corrected chi connectivity index (χ3v) is 1.56. The average molecular weight is 125 g/mol. The lowest BCUT2D eigenvalue weighted by Crippen LogP contribution is -1.96. The second kappa shape index (κ2) is 4.19. The lowest BCUT2D eigenvalue weighted by molar-refractivity contribution is 0.693. The summed E-state index contributed by atoms with van der Waals surface area (Å²) in [5.41, 5.74) is 6.54. The molecule has 1 atom stereocenters. The fraction of sp³-hybridized carbons (Fsp3) is 0.500. The van der Waals surface area contributed by atoms with E-state index in [1.165, 1.54) is 5.57 Å². The lowest BCUT2D eigenvalue weighted by Gasteiger charge is -2.06. The minimum atomic E-state index is 0.549. The predicted octanol–water partition coefficient (Wildman–Crippen LogP) is 2.06. The maximum Gasteiger partial charge on any atom is -0.00705 e. The van der Waals surface area contributed by atoms with E-state index in [9.17, 15) is 0 Å². The largest absolute Gasteiger partial charge is 0.405 e. The summed E-state index contributed by atoms with van der Waals surface area (Å²) in [6.45, 7) is 7.82. The van der Waals surface area contributed by atoms with Crippen LogP contribution in [0.4, 0.5) is 0 Å². The first-order valence-corrected chi connectivity index (χ1v) is 3.21. The minimum absolute atomic E-state index is 0.549. The standard InChI is InChI=1S/C8H15N/c1-4-5-7(2)8(3)6-9/h4,6-7H,1,5,9H2,2-3H3/b8-6-. The van der Waals surface area contributed by atoms with Gasteiger partial charge in [0, 0.05) is 0 Å². The molecule has 0 fully saturated rings. The Labute approximate surface area is 57.3 Å². The SMILES string of the molecule is C=CCC(C)/C(C)=C\N. The molecule has 0 aliphatic carbocycles. The van der Waals surface area contributed by atoms with Crippen LogP contribution in [0.2, 0.25) is 0 Å². The summed E-state index contributed by atoms with van der Waals surface area (Å²) >= 11 is 0. The number of hydrogen-bond acceptors (Lipinski definition) is 1. The van der Waals surface area contributed by atoms with Crippen LogP contribution in [0.15, 0.2) is 24.4 Å². The van der Waals surface area contributed by atoms with E-state index >= 15 is 0 Å². The van der Waals surface area contributed by atoms with Gasteiger partial charge in [-0.1, -0.05) is 18.6 Å². The summed E-state index contributed by atoms with van der Waals surface area (Å²) < 4.78 is 0. The van der Waals surface area contributed by atoms with Crippen LogP contribution in [0.5, 0.6) is 0 Å². The van der Waals surface area contributed by atoms with Crippen molar-refractivity contribution in [3.05, 3.63) is 24.4 Å². The van der Waals surface area contributed by atoms with Crippen molar-refractivity contribution < 1.29 is 0 Å². The van der Waals surface area contributed by atoms with Gasteiger partial charge in [0.25, 0.3) is 0 Å². The van der Waals surface area contributed by atoms with Gasteiger partial charge in [-0.25, -0.2) is 0 Å². The first-order valence-electron chi connectivity index (χ1n) is 3.21. The highest BCUT2D eigenvalue weighted by Crippen LogP contribution is 2.11. The molecular weight excluding hydrogens is 110 g/mol. The Morgan fingerprint density at radius 1 is 1.78 bits per heavy atom. The molecule has 1 nitrogen and oxygen atoms in total. The van der Waals surface area contributed by atoms with Crippen LogP contribution in [0, 0.1) is 5.92 Å². The van der Waals surface area contributed by atoms with Gasteiger partial charge in [0.15, 0.2) is 0 Å². The van der Waals surface area contributed by atoms with Gasteiger partial charge in [0.05, 0.1) is 0 Å². The van der Waals surface area contributed by atoms with Gasteiger partial charge in [0.1, 0.15) is 0 Å². The van der Waals surface area contributed by atoms with Crippen molar-refractivity contribution in [2.75, 3.05) is 0 Å². The van der Waals surface area contributed by atoms with Gasteiger partial charge < -0.3 is 5.73 Å². The highest BCUT2D eigenvalue weighted by molar-refractivity contribution is 5.01. The fourth-order valence-electron chi connectivity index (χ4n) is 0.600. The molecule has 1 unspecified atom stereocenters. The number of allylic oxidation sites excluding steroid dienone is 2. The van der Waals surface area contributed by atoms with E-state index in [2.05, 4.69) is 13.5 Å². The maximum atomic E-state index is 5.31. The lowest BCUT2D eigenvalue weighted by atomic mass is 10.0. The zero-order valence-corrected chi connectivity index (χ0v) is 6.22. The van der Waals surface area contributed by atoms with Crippen molar-refractivity contribution in [2.45, 2.75) is 20.3 Å². The summed E-state index contributed by atoms with van der Waals surface area (Å²) in [7, 11) is 0. The zero-order valence-electron chi connectivity index (χ0n) is 6.22.